The lowest BCUT2D eigenvalue weighted by Crippen LogP contribution is -2.36. The van der Waals surface area contributed by atoms with E-state index in [0.717, 1.165) is 28.0 Å². The number of rotatable bonds is 12. The van der Waals surface area contributed by atoms with Crippen molar-refractivity contribution in [2.75, 3.05) is 44.0 Å². The van der Waals surface area contributed by atoms with Crippen molar-refractivity contribution in [3.63, 3.8) is 0 Å². The highest BCUT2D eigenvalue weighted by atomic mass is 32.2. The van der Waals surface area contributed by atoms with Crippen LogP contribution in [0, 0.1) is 0 Å². The number of hydrogen-bond donors (Lipinski definition) is 4. The third-order valence-electron chi connectivity index (χ3n) is 8.49. The summed E-state index contributed by atoms with van der Waals surface area (Å²) in [4.78, 5) is 47.9. The van der Waals surface area contributed by atoms with Crippen molar-refractivity contribution in [1.82, 2.24) is 15.3 Å². The van der Waals surface area contributed by atoms with Gasteiger partial charge in [0, 0.05) is 24.1 Å². The summed E-state index contributed by atoms with van der Waals surface area (Å²) in [6.07, 6.45) is 3.59. The van der Waals surface area contributed by atoms with Gasteiger partial charge in [0.15, 0.2) is 11.5 Å². The monoisotopic (exact) mass is 673 g/mol. The Bertz CT molecular complexity index is 1890. The molecule has 1 aliphatic rings. The molecule has 254 valence electrons. The van der Waals surface area contributed by atoms with E-state index in [1.165, 1.54) is 6.92 Å². The van der Waals surface area contributed by atoms with Gasteiger partial charge in [-0.2, -0.15) is 11.8 Å². The second-order valence-corrected chi connectivity index (χ2v) is 13.1. The van der Waals surface area contributed by atoms with Crippen molar-refractivity contribution in [3.05, 3.63) is 69.6 Å². The van der Waals surface area contributed by atoms with Gasteiger partial charge in [-0.1, -0.05) is 19.9 Å². The third kappa shape index (κ3) is 7.23. The number of benzene rings is 2. The Morgan fingerprint density at radius 1 is 1.04 bits per heavy atom. The van der Waals surface area contributed by atoms with Crippen molar-refractivity contribution >= 4 is 46.0 Å². The minimum Gasteiger partial charge on any atom is -0.493 e. The van der Waals surface area contributed by atoms with Crippen molar-refractivity contribution in [2.45, 2.75) is 58.0 Å². The van der Waals surface area contributed by atoms with Crippen LogP contribution in [0.25, 0.3) is 22.2 Å². The first-order valence-electron chi connectivity index (χ1n) is 15.9. The lowest BCUT2D eigenvalue weighted by atomic mass is 9.95. The molecule has 0 fully saturated rings. The van der Waals surface area contributed by atoms with Gasteiger partial charge in [-0.15, -0.1) is 0 Å². The number of thioether (sulfide) groups is 1. The first-order chi connectivity index (χ1) is 23.1. The zero-order valence-electron chi connectivity index (χ0n) is 28.4. The number of fused-ring (bicyclic) bond motifs is 4. The van der Waals surface area contributed by atoms with E-state index in [1.54, 1.807) is 45.2 Å². The first-order valence-corrected chi connectivity index (χ1v) is 17.3. The molecule has 1 heterocycles. The van der Waals surface area contributed by atoms with Gasteiger partial charge < -0.3 is 35.1 Å². The molecule has 0 radical (unpaired) electrons. The Kier molecular flexibility index (Phi) is 10.8. The van der Waals surface area contributed by atoms with E-state index < -0.39 is 12.1 Å². The highest BCUT2D eigenvalue weighted by Gasteiger charge is 2.30. The Morgan fingerprint density at radius 2 is 1.81 bits per heavy atom. The summed E-state index contributed by atoms with van der Waals surface area (Å²) in [6, 6.07) is 11.4. The highest BCUT2D eigenvalue weighted by molar-refractivity contribution is 7.98. The summed E-state index contributed by atoms with van der Waals surface area (Å²) in [7, 11) is 4.67. The molecule has 0 aliphatic heterocycles. The molecule has 0 unspecified atom stereocenters. The summed E-state index contributed by atoms with van der Waals surface area (Å²) in [5.41, 5.74) is 5.28. The van der Waals surface area contributed by atoms with Crippen molar-refractivity contribution in [3.8, 4) is 28.4 Å². The fourth-order valence-corrected chi connectivity index (χ4v) is 6.60. The number of aromatic nitrogens is 2. The second-order valence-electron chi connectivity index (χ2n) is 12.1. The van der Waals surface area contributed by atoms with E-state index in [9.17, 15) is 14.4 Å². The van der Waals surface area contributed by atoms with Crippen LogP contribution in [0.3, 0.4) is 0 Å². The quantitative estimate of drug-likeness (QED) is 0.142. The number of carbonyl (C=O) groups is 2. The van der Waals surface area contributed by atoms with Crippen LogP contribution in [-0.4, -0.2) is 61.2 Å². The van der Waals surface area contributed by atoms with Crippen molar-refractivity contribution in [2.24, 2.45) is 0 Å². The standard InChI is InChI=1S/C36H43N5O6S/c1-19(2)35-40-26-12-9-22(17-29(26)41-35)38-36(44)28(14-15-48-7)39-27-13-10-23-24(18-30(27)43)25(37-20(3)42)11-8-21-16-31(45-4)33(46-5)34(47-6)32(21)23/h9-10,12-13,16-19,25,28H,8,11,14-15H2,1-7H3,(H,37,42)(H,38,44)(H,39,43)(H,40,41)/t25-,28-/m0/s1. The number of anilines is 2. The van der Waals surface area contributed by atoms with E-state index in [2.05, 4.69) is 39.8 Å². The molecule has 1 aromatic heterocycles. The number of amides is 2. The van der Waals surface area contributed by atoms with E-state index in [-0.39, 0.29) is 28.8 Å². The van der Waals surface area contributed by atoms with Gasteiger partial charge in [0.2, 0.25) is 23.0 Å². The van der Waals surface area contributed by atoms with E-state index in [1.807, 2.05) is 36.6 Å². The van der Waals surface area contributed by atoms with Gasteiger partial charge >= 0.3 is 0 Å². The number of methoxy groups -OCH3 is 3. The van der Waals surface area contributed by atoms with Gasteiger partial charge in [-0.25, -0.2) is 4.98 Å². The molecular formula is C36H43N5O6S. The number of nitrogens with one attached hydrogen (secondary N) is 4. The number of imidazole rings is 1. The van der Waals surface area contributed by atoms with Gasteiger partial charge in [0.1, 0.15) is 11.9 Å². The lowest BCUT2D eigenvalue weighted by Gasteiger charge is -2.19. The average molecular weight is 674 g/mol. The predicted molar refractivity (Wildman–Crippen MR) is 192 cm³/mol. The molecule has 0 saturated carbocycles. The number of ether oxygens (including phenoxy) is 3. The summed E-state index contributed by atoms with van der Waals surface area (Å²) in [5.74, 6) is 2.77. The maximum atomic E-state index is 13.9. The van der Waals surface area contributed by atoms with E-state index in [0.29, 0.717) is 59.1 Å². The van der Waals surface area contributed by atoms with E-state index in [4.69, 9.17) is 14.2 Å². The zero-order chi connectivity index (χ0) is 34.5. The van der Waals surface area contributed by atoms with Crippen molar-refractivity contribution in [1.29, 1.82) is 0 Å². The largest absolute Gasteiger partial charge is 0.493 e. The number of aromatic amines is 1. The third-order valence-corrected chi connectivity index (χ3v) is 9.13. The normalized spacial score (nSPS) is 14.4. The van der Waals surface area contributed by atoms with Gasteiger partial charge in [-0.3, -0.25) is 14.4 Å². The average Bonchev–Trinajstić information content (AvgIpc) is 3.36. The summed E-state index contributed by atoms with van der Waals surface area (Å²) < 4.78 is 17.2. The number of nitrogens with zero attached hydrogens (tertiary/aromatic N) is 1. The highest BCUT2D eigenvalue weighted by Crippen LogP contribution is 2.50. The number of hydrogen-bond acceptors (Lipinski definition) is 9. The Balaban J connectivity index is 1.55. The van der Waals surface area contributed by atoms with Gasteiger partial charge in [0.05, 0.1) is 44.1 Å². The van der Waals surface area contributed by atoms with Gasteiger partial charge in [0.25, 0.3) is 0 Å². The Hall–Kier alpha value is -4.71. The van der Waals surface area contributed by atoms with Crippen LogP contribution in [0.4, 0.5) is 11.4 Å². The topological polar surface area (TPSA) is 144 Å². The Morgan fingerprint density at radius 3 is 2.48 bits per heavy atom. The molecule has 4 N–H and O–H groups in total. The fourth-order valence-electron chi connectivity index (χ4n) is 6.13. The minimum atomic E-state index is -0.701. The molecule has 1 aliphatic carbocycles. The zero-order valence-corrected chi connectivity index (χ0v) is 29.2. The summed E-state index contributed by atoms with van der Waals surface area (Å²) >= 11 is 1.62. The molecule has 0 spiro atoms. The summed E-state index contributed by atoms with van der Waals surface area (Å²) in [6.45, 7) is 5.59. The maximum Gasteiger partial charge on any atom is 0.246 e. The predicted octanol–water partition coefficient (Wildman–Crippen LogP) is 6.04. The number of H-pyrrole nitrogens is 1. The smallest absolute Gasteiger partial charge is 0.246 e. The molecule has 3 aromatic carbocycles. The van der Waals surface area contributed by atoms with Crippen LogP contribution in [0.1, 0.15) is 62.5 Å². The molecule has 12 heteroatoms. The van der Waals surface area contributed by atoms with E-state index >= 15 is 0 Å². The molecule has 11 nitrogen and oxygen atoms in total. The molecule has 0 bridgehead atoms. The molecule has 4 aromatic rings. The SMILES string of the molecule is COc1cc2c(c(OC)c1OC)-c1ccc(N[C@@H](CCSC)C(=O)Nc3ccc4nc(C(C)C)[nH]c4c3)c(=O)cc1[C@@H](NC(C)=O)CC2. The molecule has 0 saturated heterocycles. The van der Waals surface area contributed by atoms with Crippen LogP contribution >= 0.6 is 11.8 Å². The lowest BCUT2D eigenvalue weighted by molar-refractivity contribution is -0.120. The van der Waals surface area contributed by atoms with Crippen LogP contribution in [0.15, 0.2) is 47.3 Å². The minimum absolute atomic E-state index is 0.209. The van der Waals surface area contributed by atoms with Gasteiger partial charge in [-0.05, 0) is 84.4 Å². The Labute approximate surface area is 284 Å². The van der Waals surface area contributed by atoms with Crippen LogP contribution in [0.5, 0.6) is 17.2 Å². The molecule has 5 rings (SSSR count). The van der Waals surface area contributed by atoms with Crippen LogP contribution in [-0.2, 0) is 16.0 Å². The molecule has 48 heavy (non-hydrogen) atoms. The van der Waals surface area contributed by atoms with Crippen LogP contribution in [0.2, 0.25) is 0 Å². The number of aryl methyl sites for hydroxylation is 1. The second kappa shape index (κ2) is 15.0. The molecule has 2 atom stereocenters. The van der Waals surface area contributed by atoms with Crippen LogP contribution < -0.4 is 35.6 Å². The summed E-state index contributed by atoms with van der Waals surface area (Å²) in [5, 5.41) is 9.29. The first kappa shape index (κ1) is 34.6. The maximum absolute atomic E-state index is 13.9. The number of carbonyl (C=O) groups excluding carboxylic acids is 2. The fraction of sp³-hybridized carbons (Fsp3) is 0.389. The molecular weight excluding hydrogens is 630 g/mol. The molecule has 2 amide bonds. The van der Waals surface area contributed by atoms with Crippen molar-refractivity contribution < 1.29 is 23.8 Å².